The first-order valence-electron chi connectivity index (χ1n) is 6.08. The monoisotopic (exact) mass is 293 g/mol. The highest BCUT2D eigenvalue weighted by molar-refractivity contribution is 6.32. The Morgan fingerprint density at radius 3 is 2.60 bits per heavy atom. The van der Waals surface area contributed by atoms with Gasteiger partial charge in [0.2, 0.25) is 0 Å². The molecule has 0 atom stereocenters. The van der Waals surface area contributed by atoms with Gasteiger partial charge in [0.1, 0.15) is 5.75 Å². The minimum absolute atomic E-state index is 0.0659. The van der Waals surface area contributed by atoms with E-state index in [1.165, 1.54) is 0 Å². The van der Waals surface area contributed by atoms with Gasteiger partial charge < -0.3 is 19.9 Å². The number of rotatable bonds is 5. The van der Waals surface area contributed by atoms with Crippen LogP contribution in [0.25, 0.3) is 0 Å². The molecule has 0 amide bonds. The summed E-state index contributed by atoms with van der Waals surface area (Å²) in [5.74, 6) is 1.46. The summed E-state index contributed by atoms with van der Waals surface area (Å²) in [7, 11) is 3.22. The van der Waals surface area contributed by atoms with Crippen LogP contribution in [0.15, 0.2) is 36.4 Å². The van der Waals surface area contributed by atoms with Crippen molar-refractivity contribution < 1.29 is 14.6 Å². The van der Waals surface area contributed by atoms with Crippen molar-refractivity contribution in [3.63, 3.8) is 0 Å². The van der Waals surface area contributed by atoms with E-state index in [1.54, 1.807) is 32.4 Å². The maximum Gasteiger partial charge on any atom is 0.165 e. The number of phenolic OH excluding ortho intramolecular Hbond substituents is 1. The van der Waals surface area contributed by atoms with Crippen LogP contribution in [-0.4, -0.2) is 19.3 Å². The van der Waals surface area contributed by atoms with Gasteiger partial charge in [-0.2, -0.15) is 0 Å². The summed E-state index contributed by atoms with van der Waals surface area (Å²) in [6.07, 6.45) is 0. The normalized spacial score (nSPS) is 10.2. The van der Waals surface area contributed by atoms with Crippen molar-refractivity contribution in [2.75, 3.05) is 19.5 Å². The first-order chi connectivity index (χ1) is 9.65. The number of hydrogen-bond acceptors (Lipinski definition) is 4. The van der Waals surface area contributed by atoms with Crippen molar-refractivity contribution in [1.82, 2.24) is 0 Å². The van der Waals surface area contributed by atoms with Gasteiger partial charge in [-0.15, -0.1) is 0 Å². The Bertz CT molecular complexity index is 602. The summed E-state index contributed by atoms with van der Waals surface area (Å²) < 4.78 is 10.6. The smallest absolute Gasteiger partial charge is 0.165 e. The molecule has 0 saturated carbocycles. The highest BCUT2D eigenvalue weighted by Gasteiger charge is 2.09. The molecule has 106 valence electrons. The van der Waals surface area contributed by atoms with Crippen LogP contribution in [0.1, 0.15) is 5.56 Å². The van der Waals surface area contributed by atoms with Crippen LogP contribution in [0.2, 0.25) is 5.02 Å². The van der Waals surface area contributed by atoms with Gasteiger partial charge in [-0.25, -0.2) is 0 Å². The number of methoxy groups -OCH3 is 2. The Morgan fingerprint density at radius 2 is 1.95 bits per heavy atom. The standard InChI is InChI=1S/C15H16ClNO3/c1-19-14-5-3-4-10(15(14)20-2)9-17-11-6-7-13(18)12(16)8-11/h3-8,17-18H,9H2,1-2H3. The molecule has 2 aromatic carbocycles. The molecule has 0 saturated heterocycles. The average molecular weight is 294 g/mol. The van der Waals surface area contributed by atoms with E-state index in [1.807, 2.05) is 18.2 Å². The number of phenols is 1. The summed E-state index contributed by atoms with van der Waals surface area (Å²) in [6, 6.07) is 10.7. The quantitative estimate of drug-likeness (QED) is 0.826. The summed E-state index contributed by atoms with van der Waals surface area (Å²) in [6.45, 7) is 0.557. The third-order valence-electron chi connectivity index (χ3n) is 2.92. The number of para-hydroxylation sites is 1. The molecule has 0 bridgehead atoms. The Hall–Kier alpha value is -2.07. The van der Waals surface area contributed by atoms with Gasteiger partial charge in [0, 0.05) is 17.8 Å². The fourth-order valence-electron chi connectivity index (χ4n) is 1.91. The van der Waals surface area contributed by atoms with E-state index in [0.717, 1.165) is 11.3 Å². The van der Waals surface area contributed by atoms with Crippen LogP contribution in [0.4, 0.5) is 5.69 Å². The number of ether oxygens (including phenoxy) is 2. The first-order valence-corrected chi connectivity index (χ1v) is 6.45. The summed E-state index contributed by atoms with van der Waals surface area (Å²) >= 11 is 5.87. The van der Waals surface area contributed by atoms with Crippen LogP contribution >= 0.6 is 11.6 Å². The van der Waals surface area contributed by atoms with E-state index in [2.05, 4.69) is 5.32 Å². The van der Waals surface area contributed by atoms with Crippen LogP contribution in [-0.2, 0) is 6.54 Å². The zero-order chi connectivity index (χ0) is 14.5. The van der Waals surface area contributed by atoms with Gasteiger partial charge in [-0.1, -0.05) is 23.7 Å². The number of hydrogen-bond donors (Lipinski definition) is 2. The molecular weight excluding hydrogens is 278 g/mol. The molecule has 2 aromatic rings. The molecule has 0 aliphatic heterocycles. The van der Waals surface area contributed by atoms with E-state index in [4.69, 9.17) is 21.1 Å². The van der Waals surface area contributed by atoms with Gasteiger partial charge in [-0.05, 0) is 24.3 Å². The predicted molar refractivity (Wildman–Crippen MR) is 80.0 cm³/mol. The van der Waals surface area contributed by atoms with E-state index in [0.29, 0.717) is 23.1 Å². The number of aromatic hydroxyl groups is 1. The number of benzene rings is 2. The van der Waals surface area contributed by atoms with Crippen LogP contribution in [0.3, 0.4) is 0 Å². The van der Waals surface area contributed by atoms with Gasteiger partial charge >= 0.3 is 0 Å². The lowest BCUT2D eigenvalue weighted by atomic mass is 10.1. The molecule has 0 aliphatic rings. The highest BCUT2D eigenvalue weighted by Crippen LogP contribution is 2.32. The minimum atomic E-state index is 0.0659. The van der Waals surface area contributed by atoms with Crippen molar-refractivity contribution in [2.24, 2.45) is 0 Å². The fraction of sp³-hybridized carbons (Fsp3) is 0.200. The van der Waals surface area contributed by atoms with E-state index in [-0.39, 0.29) is 5.75 Å². The molecule has 20 heavy (non-hydrogen) atoms. The van der Waals surface area contributed by atoms with Crippen LogP contribution in [0, 0.1) is 0 Å². The number of nitrogens with one attached hydrogen (secondary N) is 1. The second-order valence-electron chi connectivity index (χ2n) is 4.17. The third-order valence-corrected chi connectivity index (χ3v) is 3.22. The Morgan fingerprint density at radius 1 is 1.15 bits per heavy atom. The largest absolute Gasteiger partial charge is 0.506 e. The molecule has 4 nitrogen and oxygen atoms in total. The fourth-order valence-corrected chi connectivity index (χ4v) is 2.09. The lowest BCUT2D eigenvalue weighted by Crippen LogP contribution is -2.02. The molecule has 2 rings (SSSR count). The summed E-state index contributed by atoms with van der Waals surface area (Å²) in [5, 5.41) is 12.9. The Labute approximate surface area is 122 Å². The molecule has 0 spiro atoms. The molecular formula is C15H16ClNO3. The van der Waals surface area contributed by atoms with Crippen molar-refractivity contribution in [1.29, 1.82) is 0 Å². The predicted octanol–water partition coefficient (Wildman–Crippen LogP) is 3.67. The van der Waals surface area contributed by atoms with E-state index in [9.17, 15) is 5.11 Å². The van der Waals surface area contributed by atoms with Gasteiger partial charge in [0.15, 0.2) is 11.5 Å². The van der Waals surface area contributed by atoms with Crippen molar-refractivity contribution in [3.8, 4) is 17.2 Å². The second kappa shape index (κ2) is 6.39. The van der Waals surface area contributed by atoms with Crippen LogP contribution in [0.5, 0.6) is 17.2 Å². The third kappa shape index (κ3) is 3.08. The molecule has 5 heteroatoms. The average Bonchev–Trinajstić information content (AvgIpc) is 2.47. The van der Waals surface area contributed by atoms with Crippen molar-refractivity contribution in [2.45, 2.75) is 6.54 Å². The Kier molecular flexibility index (Phi) is 4.58. The van der Waals surface area contributed by atoms with Crippen molar-refractivity contribution in [3.05, 3.63) is 47.0 Å². The summed E-state index contributed by atoms with van der Waals surface area (Å²) in [4.78, 5) is 0. The van der Waals surface area contributed by atoms with Crippen LogP contribution < -0.4 is 14.8 Å². The SMILES string of the molecule is COc1cccc(CNc2ccc(O)c(Cl)c2)c1OC. The Balaban J connectivity index is 2.16. The first kappa shape index (κ1) is 14.3. The molecule has 0 heterocycles. The van der Waals surface area contributed by atoms with Crippen molar-refractivity contribution >= 4 is 17.3 Å². The zero-order valence-corrected chi connectivity index (χ0v) is 12.1. The number of anilines is 1. The second-order valence-corrected chi connectivity index (χ2v) is 4.58. The topological polar surface area (TPSA) is 50.7 Å². The highest BCUT2D eigenvalue weighted by atomic mass is 35.5. The number of halogens is 1. The maximum atomic E-state index is 9.38. The maximum absolute atomic E-state index is 9.38. The summed E-state index contributed by atoms with van der Waals surface area (Å²) in [5.41, 5.74) is 1.79. The lowest BCUT2D eigenvalue weighted by Gasteiger charge is -2.14. The molecule has 0 unspecified atom stereocenters. The molecule has 2 N–H and O–H groups in total. The molecule has 0 aromatic heterocycles. The zero-order valence-electron chi connectivity index (χ0n) is 11.3. The molecule has 0 fully saturated rings. The van der Waals surface area contributed by atoms with E-state index >= 15 is 0 Å². The van der Waals surface area contributed by atoms with Gasteiger partial charge in [0.05, 0.1) is 19.2 Å². The van der Waals surface area contributed by atoms with Gasteiger partial charge in [-0.3, -0.25) is 0 Å². The van der Waals surface area contributed by atoms with E-state index < -0.39 is 0 Å². The minimum Gasteiger partial charge on any atom is -0.506 e. The lowest BCUT2D eigenvalue weighted by molar-refractivity contribution is 0.352. The molecule has 0 aliphatic carbocycles. The van der Waals surface area contributed by atoms with Gasteiger partial charge in [0.25, 0.3) is 0 Å². The molecule has 0 radical (unpaired) electrons.